The number of hydrogen-bond donors (Lipinski definition) is 0. The molecule has 0 amide bonds. The molecule has 4 aromatic heterocycles. The SMILES string of the molecule is CC(C)SCOc1ccc2ncc(-c3cc4cnccc4o3)n2n1. The molecule has 0 bridgehead atoms. The molecular weight excluding hydrogens is 324 g/mol. The molecule has 6 nitrogen and oxygen atoms in total. The third-order valence-electron chi connectivity index (χ3n) is 3.52. The van der Waals surface area contributed by atoms with Gasteiger partial charge in [0, 0.05) is 29.1 Å². The number of thioether (sulfide) groups is 1. The summed E-state index contributed by atoms with van der Waals surface area (Å²) in [7, 11) is 0. The Labute approximate surface area is 142 Å². The Bertz CT molecular complexity index is 960. The number of rotatable bonds is 5. The summed E-state index contributed by atoms with van der Waals surface area (Å²) in [5.74, 6) is 1.83. The summed E-state index contributed by atoms with van der Waals surface area (Å²) in [5, 5.41) is 5.98. The number of fused-ring (bicyclic) bond motifs is 2. The maximum Gasteiger partial charge on any atom is 0.232 e. The minimum absolute atomic E-state index is 0.515. The van der Waals surface area contributed by atoms with Gasteiger partial charge in [-0.25, -0.2) is 9.50 Å². The molecule has 4 aromatic rings. The van der Waals surface area contributed by atoms with E-state index in [0.29, 0.717) is 22.8 Å². The van der Waals surface area contributed by atoms with Crippen molar-refractivity contribution >= 4 is 28.4 Å². The number of aromatic nitrogens is 4. The van der Waals surface area contributed by atoms with Gasteiger partial charge in [0.1, 0.15) is 17.2 Å². The molecule has 122 valence electrons. The first kappa shape index (κ1) is 15.0. The van der Waals surface area contributed by atoms with Crippen LogP contribution in [0.5, 0.6) is 5.88 Å². The maximum atomic E-state index is 5.89. The summed E-state index contributed by atoms with van der Waals surface area (Å²) in [6, 6.07) is 7.49. The van der Waals surface area contributed by atoms with Gasteiger partial charge in [-0.05, 0) is 18.2 Å². The van der Waals surface area contributed by atoms with Crippen molar-refractivity contribution < 1.29 is 9.15 Å². The highest BCUT2D eigenvalue weighted by atomic mass is 32.2. The first-order valence-corrected chi connectivity index (χ1v) is 8.69. The lowest BCUT2D eigenvalue weighted by Crippen LogP contribution is -2.02. The van der Waals surface area contributed by atoms with Crippen molar-refractivity contribution in [3.63, 3.8) is 0 Å². The summed E-state index contributed by atoms with van der Waals surface area (Å²) in [6.45, 7) is 4.27. The van der Waals surface area contributed by atoms with E-state index in [4.69, 9.17) is 9.15 Å². The lowest BCUT2D eigenvalue weighted by Gasteiger charge is -2.07. The normalized spacial score (nSPS) is 11.6. The van der Waals surface area contributed by atoms with E-state index in [9.17, 15) is 0 Å². The van der Waals surface area contributed by atoms with E-state index in [-0.39, 0.29) is 0 Å². The Hall–Kier alpha value is -2.54. The molecule has 0 radical (unpaired) electrons. The van der Waals surface area contributed by atoms with Crippen molar-refractivity contribution in [1.29, 1.82) is 0 Å². The molecule has 24 heavy (non-hydrogen) atoms. The molecule has 0 aliphatic rings. The smallest absolute Gasteiger partial charge is 0.232 e. The van der Waals surface area contributed by atoms with Gasteiger partial charge in [-0.1, -0.05) is 13.8 Å². The van der Waals surface area contributed by atoms with Crippen molar-refractivity contribution in [3.8, 4) is 17.3 Å². The zero-order valence-corrected chi connectivity index (χ0v) is 14.2. The molecule has 0 aliphatic heterocycles. The van der Waals surface area contributed by atoms with Gasteiger partial charge in [0.2, 0.25) is 5.88 Å². The fraction of sp³-hybridized carbons (Fsp3) is 0.235. The molecule has 0 aromatic carbocycles. The van der Waals surface area contributed by atoms with E-state index < -0.39 is 0 Å². The number of imidazole rings is 1. The van der Waals surface area contributed by atoms with E-state index in [1.165, 1.54) is 0 Å². The second kappa shape index (κ2) is 6.16. The summed E-state index contributed by atoms with van der Waals surface area (Å²) in [5.41, 5.74) is 2.31. The predicted octanol–water partition coefficient (Wildman–Crippen LogP) is 4.02. The number of pyridine rings is 1. The Kier molecular flexibility index (Phi) is 3.86. The first-order valence-electron chi connectivity index (χ1n) is 7.64. The minimum atomic E-state index is 0.515. The molecule has 0 spiro atoms. The zero-order valence-electron chi connectivity index (χ0n) is 13.3. The first-order chi connectivity index (χ1) is 11.7. The molecule has 0 saturated heterocycles. The summed E-state index contributed by atoms with van der Waals surface area (Å²) in [6.07, 6.45) is 5.23. The van der Waals surface area contributed by atoms with Gasteiger partial charge < -0.3 is 9.15 Å². The zero-order chi connectivity index (χ0) is 16.5. The summed E-state index contributed by atoms with van der Waals surface area (Å²) < 4.78 is 13.3. The van der Waals surface area contributed by atoms with Crippen LogP contribution in [0, 0.1) is 0 Å². The highest BCUT2D eigenvalue weighted by molar-refractivity contribution is 7.99. The Balaban J connectivity index is 1.70. The van der Waals surface area contributed by atoms with Crippen LogP contribution in [0.4, 0.5) is 0 Å². The number of nitrogens with zero attached hydrogens (tertiary/aromatic N) is 4. The third-order valence-corrected chi connectivity index (χ3v) is 4.44. The highest BCUT2D eigenvalue weighted by Crippen LogP contribution is 2.28. The Morgan fingerprint density at radius 2 is 2.17 bits per heavy atom. The average Bonchev–Trinajstić information content (AvgIpc) is 3.17. The van der Waals surface area contributed by atoms with E-state index in [0.717, 1.165) is 22.3 Å². The molecule has 0 unspecified atom stereocenters. The Morgan fingerprint density at radius 1 is 1.25 bits per heavy atom. The van der Waals surface area contributed by atoms with Gasteiger partial charge in [0.05, 0.1) is 6.20 Å². The van der Waals surface area contributed by atoms with Crippen molar-refractivity contribution in [1.82, 2.24) is 19.6 Å². The number of ether oxygens (including phenoxy) is 1. The monoisotopic (exact) mass is 340 g/mol. The molecule has 0 N–H and O–H groups in total. The topological polar surface area (TPSA) is 65.5 Å². The van der Waals surface area contributed by atoms with Crippen LogP contribution in [0.1, 0.15) is 13.8 Å². The van der Waals surface area contributed by atoms with Crippen LogP contribution in [0.2, 0.25) is 0 Å². The van der Waals surface area contributed by atoms with Crippen molar-refractivity contribution in [3.05, 3.63) is 42.9 Å². The molecule has 7 heteroatoms. The molecule has 4 heterocycles. The van der Waals surface area contributed by atoms with Crippen molar-refractivity contribution in [2.24, 2.45) is 0 Å². The molecule has 0 aliphatic carbocycles. The van der Waals surface area contributed by atoms with Gasteiger partial charge >= 0.3 is 0 Å². The number of furan rings is 1. The molecule has 4 rings (SSSR count). The third kappa shape index (κ3) is 2.82. The average molecular weight is 340 g/mol. The highest BCUT2D eigenvalue weighted by Gasteiger charge is 2.13. The van der Waals surface area contributed by atoms with Crippen LogP contribution >= 0.6 is 11.8 Å². The minimum Gasteiger partial charge on any atom is -0.466 e. The van der Waals surface area contributed by atoms with Gasteiger partial charge in [0.25, 0.3) is 0 Å². The van der Waals surface area contributed by atoms with Gasteiger partial charge in [-0.2, -0.15) is 0 Å². The van der Waals surface area contributed by atoms with Crippen LogP contribution in [0.3, 0.4) is 0 Å². The number of hydrogen-bond acceptors (Lipinski definition) is 6. The van der Waals surface area contributed by atoms with Crippen molar-refractivity contribution in [2.75, 3.05) is 5.94 Å². The second-order valence-electron chi connectivity index (χ2n) is 5.59. The maximum absolute atomic E-state index is 5.89. The van der Waals surface area contributed by atoms with Crippen molar-refractivity contribution in [2.45, 2.75) is 19.1 Å². The van der Waals surface area contributed by atoms with E-state index in [2.05, 4.69) is 28.9 Å². The van der Waals surface area contributed by atoms with Crippen LogP contribution in [-0.4, -0.2) is 30.8 Å². The van der Waals surface area contributed by atoms with E-state index in [1.807, 2.05) is 24.3 Å². The fourth-order valence-corrected chi connectivity index (χ4v) is 2.80. The quantitative estimate of drug-likeness (QED) is 0.511. The molecule has 0 fully saturated rings. The van der Waals surface area contributed by atoms with E-state index >= 15 is 0 Å². The summed E-state index contributed by atoms with van der Waals surface area (Å²) >= 11 is 1.72. The Morgan fingerprint density at radius 3 is 3.00 bits per heavy atom. The predicted molar refractivity (Wildman–Crippen MR) is 94.2 cm³/mol. The molecule has 0 atom stereocenters. The summed E-state index contributed by atoms with van der Waals surface area (Å²) in [4.78, 5) is 8.49. The van der Waals surface area contributed by atoms with Crippen LogP contribution in [-0.2, 0) is 0 Å². The lowest BCUT2D eigenvalue weighted by atomic mass is 10.3. The standard InChI is InChI=1S/C17H16N4O2S/c1-11(2)24-10-22-17-4-3-16-19-9-13(21(16)20-17)15-7-12-8-18-6-5-14(12)23-15/h3-9,11H,10H2,1-2H3. The van der Waals surface area contributed by atoms with E-state index in [1.54, 1.807) is 34.9 Å². The second-order valence-corrected chi connectivity index (χ2v) is 7.10. The molecular formula is C17H16N4O2S. The lowest BCUT2D eigenvalue weighted by molar-refractivity contribution is 0.369. The fourth-order valence-electron chi connectivity index (χ4n) is 2.34. The van der Waals surface area contributed by atoms with Crippen LogP contribution < -0.4 is 4.74 Å². The van der Waals surface area contributed by atoms with Gasteiger partial charge in [0.15, 0.2) is 11.4 Å². The largest absolute Gasteiger partial charge is 0.466 e. The molecule has 0 saturated carbocycles. The van der Waals surface area contributed by atoms with Crippen LogP contribution in [0.15, 0.2) is 47.3 Å². The van der Waals surface area contributed by atoms with Crippen LogP contribution in [0.25, 0.3) is 28.1 Å². The van der Waals surface area contributed by atoms with Gasteiger partial charge in [-0.15, -0.1) is 16.9 Å². The van der Waals surface area contributed by atoms with Gasteiger partial charge in [-0.3, -0.25) is 4.98 Å².